The van der Waals surface area contributed by atoms with Gasteiger partial charge < -0.3 is 10.6 Å². The van der Waals surface area contributed by atoms with E-state index in [1.807, 2.05) is 0 Å². The summed E-state index contributed by atoms with van der Waals surface area (Å²) in [6.07, 6.45) is 0. The predicted molar refractivity (Wildman–Crippen MR) is 103 cm³/mol. The third-order valence-electron chi connectivity index (χ3n) is 3.63. The van der Waals surface area contributed by atoms with Crippen molar-refractivity contribution in [3.05, 3.63) is 84.4 Å². The van der Waals surface area contributed by atoms with Crippen LogP contribution in [0.25, 0.3) is 0 Å². The number of carbonyl (C=O) groups is 1. The number of hydrogen-bond acceptors (Lipinski definition) is 3. The van der Waals surface area contributed by atoms with Crippen molar-refractivity contribution >= 4 is 33.1 Å². The third-order valence-corrected chi connectivity index (χ3v) is 5.01. The van der Waals surface area contributed by atoms with Gasteiger partial charge in [-0.2, -0.15) is 0 Å². The van der Waals surface area contributed by atoms with E-state index >= 15 is 0 Å². The van der Waals surface area contributed by atoms with Gasteiger partial charge in [0.1, 0.15) is 16.5 Å². The van der Waals surface area contributed by atoms with Gasteiger partial charge in [-0.25, -0.2) is 22.0 Å². The number of nitrogens with one attached hydrogen (secondary N) is 3. The first-order valence-corrected chi connectivity index (χ1v) is 9.53. The van der Waals surface area contributed by atoms with Crippen molar-refractivity contribution in [2.75, 3.05) is 15.4 Å². The minimum atomic E-state index is -4.42. The molecule has 3 aromatic carbocycles. The standard InChI is InChI=1S/C19H15F2N3O3S/c20-13-10-11-15(21)18(12-13)28(26,27)24-17-9-5-4-8-16(17)23-19(25)22-14-6-2-1-3-7-14/h1-12,24H,(H2,22,23,25). The molecule has 28 heavy (non-hydrogen) atoms. The second-order valence-corrected chi connectivity index (χ2v) is 7.32. The van der Waals surface area contributed by atoms with Crippen LogP contribution in [-0.4, -0.2) is 14.4 Å². The molecule has 6 nitrogen and oxygen atoms in total. The normalized spacial score (nSPS) is 10.9. The summed E-state index contributed by atoms with van der Waals surface area (Å²) in [4.78, 5) is 11.3. The Hall–Kier alpha value is -3.46. The fourth-order valence-corrected chi connectivity index (χ4v) is 3.54. The fourth-order valence-electron chi connectivity index (χ4n) is 2.37. The number of carbonyl (C=O) groups excluding carboxylic acids is 1. The number of hydrogen-bond donors (Lipinski definition) is 3. The molecule has 0 aliphatic heterocycles. The number of benzene rings is 3. The molecule has 3 aromatic rings. The molecule has 0 spiro atoms. The minimum absolute atomic E-state index is 0.00521. The first-order valence-electron chi connectivity index (χ1n) is 8.05. The van der Waals surface area contributed by atoms with Gasteiger partial charge in [-0.3, -0.25) is 4.72 Å². The quantitative estimate of drug-likeness (QED) is 0.590. The van der Waals surface area contributed by atoms with Gasteiger partial charge in [0.25, 0.3) is 10.0 Å². The number of halogens is 2. The van der Waals surface area contributed by atoms with E-state index in [1.165, 1.54) is 18.2 Å². The molecule has 0 unspecified atom stereocenters. The lowest BCUT2D eigenvalue weighted by molar-refractivity contribution is 0.262. The summed E-state index contributed by atoms with van der Waals surface area (Å²) >= 11 is 0. The first kappa shape index (κ1) is 19.3. The molecule has 0 aromatic heterocycles. The van der Waals surface area contributed by atoms with Crippen molar-refractivity contribution in [2.24, 2.45) is 0 Å². The molecule has 0 saturated heterocycles. The molecule has 0 saturated carbocycles. The number of rotatable bonds is 5. The van der Waals surface area contributed by atoms with E-state index in [-0.39, 0.29) is 11.4 Å². The van der Waals surface area contributed by atoms with Crippen molar-refractivity contribution in [2.45, 2.75) is 4.90 Å². The maximum absolute atomic E-state index is 13.9. The molecule has 0 aliphatic rings. The SMILES string of the molecule is O=C(Nc1ccccc1)Nc1ccccc1NS(=O)(=O)c1cc(F)ccc1F. The van der Waals surface area contributed by atoms with E-state index in [1.54, 1.807) is 36.4 Å². The Morgan fingerprint density at radius 1 is 0.786 bits per heavy atom. The van der Waals surface area contributed by atoms with Gasteiger partial charge in [-0.15, -0.1) is 0 Å². The van der Waals surface area contributed by atoms with Crippen molar-refractivity contribution in [3.8, 4) is 0 Å². The van der Waals surface area contributed by atoms with Gasteiger partial charge in [0, 0.05) is 5.69 Å². The average Bonchev–Trinajstić information content (AvgIpc) is 2.66. The van der Waals surface area contributed by atoms with Gasteiger partial charge >= 0.3 is 6.03 Å². The Balaban J connectivity index is 1.82. The minimum Gasteiger partial charge on any atom is -0.308 e. The Labute approximate surface area is 160 Å². The molecule has 0 bridgehead atoms. The van der Waals surface area contributed by atoms with E-state index in [0.717, 1.165) is 12.1 Å². The zero-order chi connectivity index (χ0) is 20.1. The molecular formula is C19H15F2N3O3S. The van der Waals surface area contributed by atoms with E-state index in [4.69, 9.17) is 0 Å². The smallest absolute Gasteiger partial charge is 0.308 e. The molecule has 0 radical (unpaired) electrons. The topological polar surface area (TPSA) is 87.3 Å². The van der Waals surface area contributed by atoms with E-state index in [9.17, 15) is 22.0 Å². The van der Waals surface area contributed by atoms with Crippen LogP contribution in [-0.2, 0) is 10.0 Å². The summed E-state index contributed by atoms with van der Waals surface area (Å²) in [6, 6.07) is 16.1. The number of anilines is 3. The van der Waals surface area contributed by atoms with Crippen molar-refractivity contribution < 1.29 is 22.0 Å². The zero-order valence-corrected chi connectivity index (χ0v) is 15.1. The third kappa shape index (κ3) is 4.63. The predicted octanol–water partition coefficient (Wildman–Crippen LogP) is 4.41. The highest BCUT2D eigenvalue weighted by atomic mass is 32.2. The molecular weight excluding hydrogens is 388 g/mol. The maximum Gasteiger partial charge on any atom is 0.323 e. The summed E-state index contributed by atoms with van der Waals surface area (Å²) in [5, 5.41) is 5.11. The zero-order valence-electron chi connectivity index (χ0n) is 14.3. The molecule has 3 rings (SSSR count). The molecule has 0 heterocycles. The van der Waals surface area contributed by atoms with Crippen LogP contribution in [0.4, 0.5) is 30.6 Å². The first-order chi connectivity index (χ1) is 13.3. The highest BCUT2D eigenvalue weighted by Crippen LogP contribution is 2.26. The van der Waals surface area contributed by atoms with Crippen LogP contribution in [0.5, 0.6) is 0 Å². The highest BCUT2D eigenvalue weighted by molar-refractivity contribution is 7.92. The largest absolute Gasteiger partial charge is 0.323 e. The summed E-state index contributed by atoms with van der Waals surface area (Å²) < 4.78 is 54.3. The van der Waals surface area contributed by atoms with Crippen LogP contribution < -0.4 is 15.4 Å². The second kappa shape index (κ2) is 8.05. The molecule has 0 aliphatic carbocycles. The molecule has 0 atom stereocenters. The Morgan fingerprint density at radius 3 is 2.14 bits per heavy atom. The Morgan fingerprint density at radius 2 is 1.43 bits per heavy atom. The number of para-hydroxylation sites is 3. The lowest BCUT2D eigenvalue weighted by atomic mass is 10.3. The van der Waals surface area contributed by atoms with Crippen molar-refractivity contribution in [3.63, 3.8) is 0 Å². The van der Waals surface area contributed by atoms with Crippen LogP contribution >= 0.6 is 0 Å². The lowest BCUT2D eigenvalue weighted by Gasteiger charge is -2.14. The van der Waals surface area contributed by atoms with Gasteiger partial charge in [0.15, 0.2) is 0 Å². The maximum atomic E-state index is 13.9. The average molecular weight is 403 g/mol. The van der Waals surface area contributed by atoms with Crippen LogP contribution in [0.15, 0.2) is 77.7 Å². The molecule has 0 fully saturated rings. The van der Waals surface area contributed by atoms with E-state index in [0.29, 0.717) is 11.8 Å². The van der Waals surface area contributed by atoms with E-state index < -0.39 is 32.6 Å². The summed E-state index contributed by atoms with van der Waals surface area (Å²) in [5.74, 6) is -1.99. The van der Waals surface area contributed by atoms with Gasteiger partial charge in [-0.1, -0.05) is 30.3 Å². The Kier molecular flexibility index (Phi) is 5.55. The second-order valence-electron chi connectivity index (χ2n) is 5.67. The molecule has 2 amide bonds. The number of urea groups is 1. The number of sulfonamides is 1. The summed E-state index contributed by atoms with van der Waals surface area (Å²) in [5.41, 5.74) is 0.672. The van der Waals surface area contributed by atoms with Gasteiger partial charge in [0.05, 0.1) is 11.4 Å². The van der Waals surface area contributed by atoms with Crippen molar-refractivity contribution in [1.29, 1.82) is 0 Å². The van der Waals surface area contributed by atoms with Crippen LogP contribution in [0.1, 0.15) is 0 Å². The van der Waals surface area contributed by atoms with E-state index in [2.05, 4.69) is 15.4 Å². The molecule has 144 valence electrons. The van der Waals surface area contributed by atoms with Crippen LogP contribution in [0, 0.1) is 11.6 Å². The Bertz CT molecular complexity index is 1110. The monoisotopic (exact) mass is 403 g/mol. The van der Waals surface area contributed by atoms with Crippen LogP contribution in [0.3, 0.4) is 0 Å². The summed E-state index contributed by atoms with van der Waals surface area (Å²) in [6.45, 7) is 0. The highest BCUT2D eigenvalue weighted by Gasteiger charge is 2.21. The lowest BCUT2D eigenvalue weighted by Crippen LogP contribution is -2.21. The molecule has 3 N–H and O–H groups in total. The fraction of sp³-hybridized carbons (Fsp3) is 0. The summed E-state index contributed by atoms with van der Waals surface area (Å²) in [7, 11) is -4.42. The van der Waals surface area contributed by atoms with Crippen molar-refractivity contribution in [1.82, 2.24) is 0 Å². The van der Waals surface area contributed by atoms with Gasteiger partial charge in [0.2, 0.25) is 0 Å². The molecule has 9 heteroatoms. The van der Waals surface area contributed by atoms with Gasteiger partial charge in [-0.05, 0) is 42.5 Å². The number of amides is 2. The van der Waals surface area contributed by atoms with Crippen LogP contribution in [0.2, 0.25) is 0 Å².